The Kier molecular flexibility index (Phi) is 4.56. The molecule has 14 heavy (non-hydrogen) atoms. The van der Waals surface area contributed by atoms with Gasteiger partial charge in [0.15, 0.2) is 0 Å². The molecule has 0 aliphatic carbocycles. The average Bonchev–Trinajstić information content (AvgIpc) is 2.18. The van der Waals surface area contributed by atoms with Crippen molar-refractivity contribution in [1.82, 2.24) is 0 Å². The van der Waals surface area contributed by atoms with Gasteiger partial charge in [0.1, 0.15) is 5.82 Å². The van der Waals surface area contributed by atoms with Crippen molar-refractivity contribution in [1.29, 1.82) is 0 Å². The van der Waals surface area contributed by atoms with Gasteiger partial charge in [-0.3, -0.25) is 0 Å². The number of benzene rings is 1. The van der Waals surface area contributed by atoms with Crippen LogP contribution in [0.3, 0.4) is 0 Å². The third kappa shape index (κ3) is 3.09. The molecule has 0 atom stereocenters. The van der Waals surface area contributed by atoms with E-state index in [-0.39, 0.29) is 19.0 Å². The lowest BCUT2D eigenvalue weighted by molar-refractivity contribution is 0.287. The molecule has 2 nitrogen and oxygen atoms in total. The van der Waals surface area contributed by atoms with E-state index < -0.39 is 0 Å². The molecule has 0 heterocycles. The maximum Gasteiger partial charge on any atom is 0.123 e. The third-order valence-corrected chi connectivity index (χ3v) is 2.15. The second-order valence-electron chi connectivity index (χ2n) is 3.21. The van der Waals surface area contributed by atoms with E-state index in [9.17, 15) is 4.39 Å². The van der Waals surface area contributed by atoms with Crippen LogP contribution in [0, 0.1) is 5.82 Å². The molecule has 1 rings (SSSR count). The topological polar surface area (TPSA) is 40.5 Å². The van der Waals surface area contributed by atoms with Crippen molar-refractivity contribution in [3.05, 3.63) is 35.1 Å². The van der Waals surface area contributed by atoms with Gasteiger partial charge in [-0.05, 0) is 42.5 Å². The minimum atomic E-state index is -0.264. The van der Waals surface area contributed by atoms with Gasteiger partial charge < -0.3 is 10.2 Å². The van der Waals surface area contributed by atoms with Crippen molar-refractivity contribution in [3.8, 4) is 0 Å². The molecule has 0 radical (unpaired) electrons. The highest BCUT2D eigenvalue weighted by Gasteiger charge is 2.03. The van der Waals surface area contributed by atoms with Crippen LogP contribution in [0.2, 0.25) is 0 Å². The molecule has 0 aromatic heterocycles. The van der Waals surface area contributed by atoms with Crippen molar-refractivity contribution in [2.45, 2.75) is 19.3 Å². The molecule has 2 N–H and O–H groups in total. The fourth-order valence-electron chi connectivity index (χ4n) is 1.46. The molecule has 0 bridgehead atoms. The Hall–Kier alpha value is -0.930. The predicted molar refractivity (Wildman–Crippen MR) is 52.6 cm³/mol. The highest BCUT2D eigenvalue weighted by Crippen LogP contribution is 2.13. The summed E-state index contributed by atoms with van der Waals surface area (Å²) in [6, 6.07) is 4.56. The second kappa shape index (κ2) is 5.73. The number of halogens is 1. The van der Waals surface area contributed by atoms with Gasteiger partial charge in [0.25, 0.3) is 0 Å². The number of aryl methyl sites for hydroxylation is 1. The zero-order valence-electron chi connectivity index (χ0n) is 8.04. The number of hydrogen-bond donors (Lipinski definition) is 2. The summed E-state index contributed by atoms with van der Waals surface area (Å²) in [5, 5.41) is 17.5. The lowest BCUT2D eigenvalue weighted by Gasteiger charge is -2.07. The Morgan fingerprint density at radius 3 is 2.43 bits per heavy atom. The van der Waals surface area contributed by atoms with E-state index in [2.05, 4.69) is 0 Å². The SMILES string of the molecule is OCCCc1cc(F)ccc1CCO. The Bertz CT molecular complexity index is 287. The van der Waals surface area contributed by atoms with Gasteiger partial charge in [-0.1, -0.05) is 6.07 Å². The van der Waals surface area contributed by atoms with Crippen molar-refractivity contribution < 1.29 is 14.6 Å². The number of hydrogen-bond acceptors (Lipinski definition) is 2. The highest BCUT2D eigenvalue weighted by molar-refractivity contribution is 5.28. The van der Waals surface area contributed by atoms with E-state index in [4.69, 9.17) is 10.2 Å². The molecule has 0 fully saturated rings. The zero-order chi connectivity index (χ0) is 10.4. The van der Waals surface area contributed by atoms with Crippen LogP contribution in [0.4, 0.5) is 4.39 Å². The molecular formula is C11H15FO2. The first kappa shape index (κ1) is 11.1. The first-order chi connectivity index (χ1) is 6.77. The molecule has 0 aliphatic rings. The fraction of sp³-hybridized carbons (Fsp3) is 0.455. The van der Waals surface area contributed by atoms with Crippen LogP contribution >= 0.6 is 0 Å². The summed E-state index contributed by atoms with van der Waals surface area (Å²) in [6.45, 7) is 0.173. The van der Waals surface area contributed by atoms with E-state index in [0.29, 0.717) is 19.3 Å². The normalized spacial score (nSPS) is 10.5. The number of aliphatic hydroxyl groups is 2. The standard InChI is InChI=1S/C11H15FO2/c12-11-4-3-9(5-7-14)10(8-11)2-1-6-13/h3-4,8,13-14H,1-2,5-7H2. The molecule has 0 saturated carbocycles. The van der Waals surface area contributed by atoms with E-state index in [1.807, 2.05) is 0 Å². The summed E-state index contributed by atoms with van der Waals surface area (Å²) in [4.78, 5) is 0. The van der Waals surface area contributed by atoms with Crippen molar-refractivity contribution >= 4 is 0 Å². The molecule has 1 aromatic rings. The summed E-state index contributed by atoms with van der Waals surface area (Å²) in [6.07, 6.45) is 1.83. The lowest BCUT2D eigenvalue weighted by Crippen LogP contribution is -2.00. The Balaban J connectivity index is 2.79. The fourth-order valence-corrected chi connectivity index (χ4v) is 1.46. The van der Waals surface area contributed by atoms with Gasteiger partial charge in [-0.25, -0.2) is 4.39 Å². The monoisotopic (exact) mass is 198 g/mol. The number of rotatable bonds is 5. The molecule has 78 valence electrons. The van der Waals surface area contributed by atoms with Gasteiger partial charge in [0, 0.05) is 13.2 Å². The Labute approximate surface area is 83.0 Å². The first-order valence-electron chi connectivity index (χ1n) is 4.77. The van der Waals surface area contributed by atoms with Crippen LogP contribution in [0.25, 0.3) is 0 Å². The minimum Gasteiger partial charge on any atom is -0.396 e. The van der Waals surface area contributed by atoms with Gasteiger partial charge in [0.2, 0.25) is 0 Å². The quantitative estimate of drug-likeness (QED) is 0.748. The molecule has 0 saturated heterocycles. The van der Waals surface area contributed by atoms with E-state index in [0.717, 1.165) is 11.1 Å². The first-order valence-corrected chi connectivity index (χ1v) is 4.77. The van der Waals surface area contributed by atoms with Crippen LogP contribution in [0.1, 0.15) is 17.5 Å². The largest absolute Gasteiger partial charge is 0.396 e. The van der Waals surface area contributed by atoms with Gasteiger partial charge in [0.05, 0.1) is 0 Å². The van der Waals surface area contributed by atoms with Crippen molar-refractivity contribution in [2.24, 2.45) is 0 Å². The zero-order valence-corrected chi connectivity index (χ0v) is 8.04. The van der Waals surface area contributed by atoms with Crippen LogP contribution in [0.5, 0.6) is 0 Å². The van der Waals surface area contributed by atoms with Gasteiger partial charge >= 0.3 is 0 Å². The smallest absolute Gasteiger partial charge is 0.123 e. The summed E-state index contributed by atoms with van der Waals surface area (Å²) < 4.78 is 12.9. The van der Waals surface area contributed by atoms with Crippen molar-refractivity contribution in [2.75, 3.05) is 13.2 Å². The predicted octanol–water partition coefficient (Wildman–Crippen LogP) is 1.29. The third-order valence-electron chi connectivity index (χ3n) is 2.15. The molecule has 0 aliphatic heterocycles. The lowest BCUT2D eigenvalue weighted by atomic mass is 10.0. The van der Waals surface area contributed by atoms with Crippen LogP contribution in [-0.4, -0.2) is 23.4 Å². The Morgan fingerprint density at radius 1 is 1.00 bits per heavy atom. The molecular weight excluding hydrogens is 183 g/mol. The van der Waals surface area contributed by atoms with E-state index >= 15 is 0 Å². The van der Waals surface area contributed by atoms with E-state index in [1.54, 1.807) is 6.07 Å². The number of aliphatic hydroxyl groups excluding tert-OH is 2. The van der Waals surface area contributed by atoms with Gasteiger partial charge in [-0.15, -0.1) is 0 Å². The van der Waals surface area contributed by atoms with E-state index in [1.165, 1.54) is 12.1 Å². The molecule has 0 amide bonds. The van der Waals surface area contributed by atoms with Crippen molar-refractivity contribution in [3.63, 3.8) is 0 Å². The highest BCUT2D eigenvalue weighted by atomic mass is 19.1. The maximum atomic E-state index is 12.9. The Morgan fingerprint density at radius 2 is 1.79 bits per heavy atom. The maximum absolute atomic E-state index is 12.9. The molecule has 0 spiro atoms. The van der Waals surface area contributed by atoms with Crippen LogP contribution < -0.4 is 0 Å². The molecule has 1 aromatic carbocycles. The summed E-state index contributed by atoms with van der Waals surface area (Å²) in [5.74, 6) is -0.264. The minimum absolute atomic E-state index is 0.0672. The van der Waals surface area contributed by atoms with Crippen LogP contribution in [-0.2, 0) is 12.8 Å². The average molecular weight is 198 g/mol. The molecule has 0 unspecified atom stereocenters. The summed E-state index contributed by atoms with van der Waals surface area (Å²) in [5.41, 5.74) is 1.84. The molecule has 3 heteroatoms. The van der Waals surface area contributed by atoms with Crippen LogP contribution in [0.15, 0.2) is 18.2 Å². The summed E-state index contributed by atoms with van der Waals surface area (Å²) in [7, 11) is 0. The second-order valence-corrected chi connectivity index (χ2v) is 3.21. The van der Waals surface area contributed by atoms with Gasteiger partial charge in [-0.2, -0.15) is 0 Å². The summed E-state index contributed by atoms with van der Waals surface area (Å²) >= 11 is 0.